The van der Waals surface area contributed by atoms with Crippen LogP contribution in [0, 0.1) is 13.8 Å². The highest BCUT2D eigenvalue weighted by molar-refractivity contribution is 7.07. The molecule has 0 unspecified atom stereocenters. The van der Waals surface area contributed by atoms with Gasteiger partial charge in [0.25, 0.3) is 0 Å². The summed E-state index contributed by atoms with van der Waals surface area (Å²) in [6, 6.07) is 3.64. The molecule has 0 radical (unpaired) electrons. The minimum Gasteiger partial charge on any atom is -0.457 e. The van der Waals surface area contributed by atoms with E-state index in [1.165, 1.54) is 11.3 Å². The van der Waals surface area contributed by atoms with Crippen molar-refractivity contribution >= 4 is 23.1 Å². The van der Waals surface area contributed by atoms with Crippen LogP contribution in [0.2, 0.25) is 0 Å². The highest BCUT2D eigenvalue weighted by Crippen LogP contribution is 2.11. The molecule has 2 aromatic rings. The van der Waals surface area contributed by atoms with Crippen LogP contribution < -0.4 is 0 Å². The van der Waals surface area contributed by atoms with E-state index in [0.29, 0.717) is 5.56 Å². The van der Waals surface area contributed by atoms with E-state index in [2.05, 4.69) is 4.98 Å². The lowest BCUT2D eigenvalue weighted by Crippen LogP contribution is -2.15. The number of hydrogen-bond acceptors (Lipinski definition) is 4. The molecule has 0 amide bonds. The summed E-state index contributed by atoms with van der Waals surface area (Å²) in [5.41, 5.74) is 3.22. The number of thiophene rings is 1. The SMILES string of the molecule is Cc1cc(C(=O)COC(=O)Cc2ccsc2)c(C)[nH]1. The normalized spacial score (nSPS) is 10.4. The predicted molar refractivity (Wildman–Crippen MR) is 73.6 cm³/mol. The van der Waals surface area contributed by atoms with Crippen LogP contribution in [0.15, 0.2) is 22.9 Å². The van der Waals surface area contributed by atoms with E-state index >= 15 is 0 Å². The Morgan fingerprint density at radius 1 is 1.37 bits per heavy atom. The van der Waals surface area contributed by atoms with Crippen molar-refractivity contribution in [2.24, 2.45) is 0 Å². The predicted octanol–water partition coefficient (Wildman–Crippen LogP) is 2.66. The molecule has 2 heterocycles. The lowest BCUT2D eigenvalue weighted by atomic mass is 10.1. The Kier molecular flexibility index (Phi) is 4.16. The van der Waals surface area contributed by atoms with E-state index in [-0.39, 0.29) is 24.8 Å². The molecular weight excluding hydrogens is 262 g/mol. The lowest BCUT2D eigenvalue weighted by molar-refractivity contribution is -0.141. The number of carbonyl (C=O) groups is 2. The van der Waals surface area contributed by atoms with Crippen LogP contribution >= 0.6 is 11.3 Å². The van der Waals surface area contributed by atoms with E-state index in [9.17, 15) is 9.59 Å². The van der Waals surface area contributed by atoms with Crippen LogP contribution in [-0.4, -0.2) is 23.3 Å². The van der Waals surface area contributed by atoms with Gasteiger partial charge >= 0.3 is 5.97 Å². The molecule has 0 saturated heterocycles. The lowest BCUT2D eigenvalue weighted by Gasteiger charge is -2.03. The Morgan fingerprint density at radius 3 is 2.74 bits per heavy atom. The number of ketones is 1. The van der Waals surface area contributed by atoms with Crippen molar-refractivity contribution in [3.8, 4) is 0 Å². The van der Waals surface area contributed by atoms with E-state index in [1.807, 2.05) is 30.7 Å². The fourth-order valence-corrected chi connectivity index (χ4v) is 2.52. The maximum Gasteiger partial charge on any atom is 0.310 e. The van der Waals surface area contributed by atoms with E-state index in [1.54, 1.807) is 6.07 Å². The molecule has 0 atom stereocenters. The summed E-state index contributed by atoms with van der Waals surface area (Å²) in [5, 5.41) is 3.79. The standard InChI is InChI=1S/C14H15NO3S/c1-9-5-12(10(2)15-9)13(16)7-18-14(17)6-11-3-4-19-8-11/h3-5,8,15H,6-7H2,1-2H3. The maximum atomic E-state index is 11.9. The third-order valence-corrected chi connectivity index (χ3v) is 3.47. The molecule has 100 valence electrons. The molecule has 19 heavy (non-hydrogen) atoms. The summed E-state index contributed by atoms with van der Waals surface area (Å²) in [7, 11) is 0. The van der Waals surface area contributed by atoms with Crippen molar-refractivity contribution in [3.63, 3.8) is 0 Å². The van der Waals surface area contributed by atoms with Crippen molar-refractivity contribution in [3.05, 3.63) is 45.4 Å². The van der Waals surface area contributed by atoms with Crippen molar-refractivity contribution < 1.29 is 14.3 Å². The molecule has 0 bridgehead atoms. The molecule has 0 saturated carbocycles. The average Bonchev–Trinajstić information content (AvgIpc) is 2.96. The first-order chi connectivity index (χ1) is 9.06. The van der Waals surface area contributed by atoms with Gasteiger partial charge in [0, 0.05) is 17.0 Å². The first kappa shape index (κ1) is 13.5. The van der Waals surface area contributed by atoms with Gasteiger partial charge in [0.2, 0.25) is 5.78 Å². The van der Waals surface area contributed by atoms with Gasteiger partial charge in [-0.2, -0.15) is 11.3 Å². The average molecular weight is 277 g/mol. The van der Waals surface area contributed by atoms with E-state index < -0.39 is 0 Å². The number of carbonyl (C=O) groups excluding carboxylic acids is 2. The zero-order valence-electron chi connectivity index (χ0n) is 10.9. The first-order valence-corrected chi connectivity index (χ1v) is 6.86. The smallest absolute Gasteiger partial charge is 0.310 e. The fourth-order valence-electron chi connectivity index (χ4n) is 1.85. The molecule has 0 spiro atoms. The summed E-state index contributed by atoms with van der Waals surface area (Å²) in [5.74, 6) is -0.558. The second-order valence-electron chi connectivity index (χ2n) is 4.38. The van der Waals surface area contributed by atoms with Gasteiger partial charge in [-0.25, -0.2) is 0 Å². The second-order valence-corrected chi connectivity index (χ2v) is 5.16. The van der Waals surface area contributed by atoms with Crippen LogP contribution in [-0.2, 0) is 16.0 Å². The molecule has 1 N–H and O–H groups in total. The van der Waals surface area contributed by atoms with Gasteiger partial charge in [0.05, 0.1) is 6.42 Å². The molecule has 4 nitrogen and oxygen atoms in total. The second kappa shape index (κ2) is 5.84. The van der Waals surface area contributed by atoms with Crippen molar-refractivity contribution in [1.82, 2.24) is 4.98 Å². The van der Waals surface area contributed by atoms with Gasteiger partial charge in [-0.05, 0) is 42.3 Å². The molecule has 2 rings (SSSR count). The minimum atomic E-state index is -0.378. The van der Waals surface area contributed by atoms with Gasteiger partial charge in [-0.15, -0.1) is 0 Å². The molecule has 0 aliphatic rings. The number of Topliss-reactive ketones (excluding diaryl/α,β-unsaturated/α-hetero) is 1. The summed E-state index contributed by atoms with van der Waals surface area (Å²) in [4.78, 5) is 26.5. The maximum absolute atomic E-state index is 11.9. The van der Waals surface area contributed by atoms with Crippen LogP contribution in [0.4, 0.5) is 0 Å². The number of H-pyrrole nitrogens is 1. The van der Waals surface area contributed by atoms with Gasteiger partial charge in [-0.1, -0.05) is 0 Å². The van der Waals surface area contributed by atoms with Gasteiger partial charge in [0.15, 0.2) is 6.61 Å². The quantitative estimate of drug-likeness (QED) is 0.675. The highest BCUT2D eigenvalue weighted by atomic mass is 32.1. The largest absolute Gasteiger partial charge is 0.457 e. The third kappa shape index (κ3) is 3.54. The number of aryl methyl sites for hydroxylation is 2. The number of nitrogens with one attached hydrogen (secondary N) is 1. The third-order valence-electron chi connectivity index (χ3n) is 2.74. The van der Waals surface area contributed by atoms with Crippen LogP contribution in [0.3, 0.4) is 0 Å². The Hall–Kier alpha value is -1.88. The fraction of sp³-hybridized carbons (Fsp3) is 0.286. The topological polar surface area (TPSA) is 59.2 Å². The monoisotopic (exact) mass is 277 g/mol. The van der Waals surface area contributed by atoms with Crippen LogP contribution in [0.1, 0.15) is 27.3 Å². The Bertz CT molecular complexity index is 584. The molecule has 0 aliphatic heterocycles. The highest BCUT2D eigenvalue weighted by Gasteiger charge is 2.14. The molecule has 0 aromatic carbocycles. The number of aromatic nitrogens is 1. The van der Waals surface area contributed by atoms with Crippen molar-refractivity contribution in [1.29, 1.82) is 0 Å². The number of rotatable bonds is 5. The molecule has 2 aromatic heterocycles. The molecule has 5 heteroatoms. The van der Waals surface area contributed by atoms with Crippen molar-refractivity contribution in [2.45, 2.75) is 20.3 Å². The van der Waals surface area contributed by atoms with Gasteiger partial charge < -0.3 is 9.72 Å². The molecular formula is C14H15NO3S. The Labute approximate surface area is 115 Å². The van der Waals surface area contributed by atoms with Crippen molar-refractivity contribution in [2.75, 3.05) is 6.61 Å². The summed E-state index contributed by atoms with van der Waals surface area (Å²) in [6.45, 7) is 3.50. The Morgan fingerprint density at radius 2 is 2.16 bits per heavy atom. The molecule has 0 fully saturated rings. The van der Waals surface area contributed by atoms with E-state index in [4.69, 9.17) is 4.74 Å². The Balaban J connectivity index is 1.87. The zero-order chi connectivity index (χ0) is 13.8. The van der Waals surface area contributed by atoms with Gasteiger partial charge in [-0.3, -0.25) is 9.59 Å². The number of aromatic amines is 1. The number of esters is 1. The van der Waals surface area contributed by atoms with Crippen LogP contribution in [0.5, 0.6) is 0 Å². The van der Waals surface area contributed by atoms with E-state index in [0.717, 1.165) is 17.0 Å². The number of hydrogen-bond donors (Lipinski definition) is 1. The first-order valence-electron chi connectivity index (χ1n) is 5.92. The summed E-state index contributed by atoms with van der Waals surface area (Å²) in [6.07, 6.45) is 0.210. The van der Waals surface area contributed by atoms with Gasteiger partial charge in [0.1, 0.15) is 0 Å². The summed E-state index contributed by atoms with van der Waals surface area (Å²) >= 11 is 1.53. The van der Waals surface area contributed by atoms with Crippen LogP contribution in [0.25, 0.3) is 0 Å². The number of ether oxygens (including phenoxy) is 1. The zero-order valence-corrected chi connectivity index (χ0v) is 11.7. The molecule has 0 aliphatic carbocycles. The minimum absolute atomic E-state index is 0.180. The summed E-state index contributed by atoms with van der Waals surface area (Å²) < 4.78 is 5.00.